The average Bonchev–Trinajstić information content (AvgIpc) is 3.23. The number of aromatic nitrogens is 2. The summed E-state index contributed by atoms with van der Waals surface area (Å²) in [6.07, 6.45) is 5.66. The minimum Gasteiger partial charge on any atom is -0.404 e. The molecule has 1 aliphatic carbocycles. The van der Waals surface area contributed by atoms with Gasteiger partial charge in [0.05, 0.1) is 22.9 Å². The van der Waals surface area contributed by atoms with Crippen LogP contribution in [0.2, 0.25) is 0 Å². The Bertz CT molecular complexity index is 649. The van der Waals surface area contributed by atoms with Gasteiger partial charge in [-0.25, -0.2) is 4.98 Å². The van der Waals surface area contributed by atoms with Gasteiger partial charge in [0.1, 0.15) is 0 Å². The van der Waals surface area contributed by atoms with Crippen molar-refractivity contribution >= 4 is 32.5 Å². The topological polar surface area (TPSA) is 77.8 Å². The van der Waals surface area contributed by atoms with Crippen LogP contribution in [0.15, 0.2) is 35.1 Å². The summed E-state index contributed by atoms with van der Waals surface area (Å²) in [7, 11) is 0. The van der Waals surface area contributed by atoms with Crippen LogP contribution in [-0.4, -0.2) is 16.0 Å². The molecule has 2 aromatic rings. The number of hydrogen-bond donors (Lipinski definition) is 2. The van der Waals surface area contributed by atoms with E-state index in [1.54, 1.807) is 12.4 Å². The van der Waals surface area contributed by atoms with Gasteiger partial charge in [-0.2, -0.15) is 0 Å². The first-order valence-corrected chi connectivity index (χ1v) is 7.08. The van der Waals surface area contributed by atoms with E-state index in [9.17, 15) is 0 Å². The Morgan fingerprint density at radius 2 is 2.16 bits per heavy atom. The van der Waals surface area contributed by atoms with Crippen molar-refractivity contribution in [3.63, 3.8) is 0 Å². The molecule has 0 saturated heterocycles. The third kappa shape index (κ3) is 2.48. The smallest absolute Gasteiger partial charge is 0.0905 e. The highest BCUT2D eigenvalue weighted by atomic mass is 79.9. The Kier molecular flexibility index (Phi) is 3.24. The van der Waals surface area contributed by atoms with E-state index in [0.29, 0.717) is 5.92 Å². The minimum atomic E-state index is -0.0381. The first kappa shape index (κ1) is 12.6. The van der Waals surface area contributed by atoms with Crippen LogP contribution in [0.25, 0.3) is 16.6 Å². The van der Waals surface area contributed by atoms with Crippen LogP contribution in [0.4, 0.5) is 0 Å². The zero-order valence-electron chi connectivity index (χ0n) is 10.4. The van der Waals surface area contributed by atoms with Crippen molar-refractivity contribution in [3.05, 3.63) is 40.8 Å². The fourth-order valence-corrected chi connectivity index (χ4v) is 2.55. The fourth-order valence-electron chi connectivity index (χ4n) is 2.20. The largest absolute Gasteiger partial charge is 0.404 e. The molecule has 1 atom stereocenters. The Labute approximate surface area is 120 Å². The summed E-state index contributed by atoms with van der Waals surface area (Å²) in [6, 6.07) is 5.79. The molecule has 1 aliphatic rings. The van der Waals surface area contributed by atoms with E-state index in [-0.39, 0.29) is 6.04 Å². The second-order valence-corrected chi connectivity index (χ2v) is 5.79. The van der Waals surface area contributed by atoms with Gasteiger partial charge in [-0.15, -0.1) is 0 Å². The standard InChI is InChI=1S/C14H15BrN4/c15-9-3-4-11-12(5-9)19-13(7-18-11)10(6-16)14(17)8-1-2-8/h3-8,14H,1-2,16-17H2/b10-6-. The fraction of sp³-hybridized carbons (Fsp3) is 0.286. The lowest BCUT2D eigenvalue weighted by Crippen LogP contribution is -2.25. The van der Waals surface area contributed by atoms with E-state index >= 15 is 0 Å². The molecule has 0 bridgehead atoms. The zero-order valence-corrected chi connectivity index (χ0v) is 12.0. The number of rotatable bonds is 3. The summed E-state index contributed by atoms with van der Waals surface area (Å²) in [5.74, 6) is 0.537. The van der Waals surface area contributed by atoms with E-state index in [4.69, 9.17) is 11.5 Å². The molecule has 4 N–H and O–H groups in total. The van der Waals surface area contributed by atoms with E-state index in [1.165, 1.54) is 12.8 Å². The molecule has 3 rings (SSSR count). The second-order valence-electron chi connectivity index (χ2n) is 4.87. The molecule has 1 saturated carbocycles. The van der Waals surface area contributed by atoms with Gasteiger partial charge in [0.25, 0.3) is 0 Å². The van der Waals surface area contributed by atoms with E-state index in [2.05, 4.69) is 25.9 Å². The highest BCUT2D eigenvalue weighted by molar-refractivity contribution is 9.10. The van der Waals surface area contributed by atoms with Crippen LogP contribution in [0.3, 0.4) is 0 Å². The Morgan fingerprint density at radius 1 is 1.37 bits per heavy atom. The lowest BCUT2D eigenvalue weighted by Gasteiger charge is -2.14. The lowest BCUT2D eigenvalue weighted by atomic mass is 10.0. The SMILES string of the molecule is N/C=C(/c1cnc2ccc(Br)cc2n1)C(N)C1CC1. The Hall–Kier alpha value is -1.46. The zero-order chi connectivity index (χ0) is 13.4. The number of nitrogens with two attached hydrogens (primary N) is 2. The van der Waals surface area contributed by atoms with E-state index in [1.807, 2.05) is 18.2 Å². The molecule has 1 heterocycles. The molecule has 0 amide bonds. The van der Waals surface area contributed by atoms with Crippen molar-refractivity contribution in [1.82, 2.24) is 9.97 Å². The monoisotopic (exact) mass is 318 g/mol. The van der Waals surface area contributed by atoms with Crippen LogP contribution >= 0.6 is 15.9 Å². The molecule has 1 fully saturated rings. The third-order valence-corrected chi connectivity index (χ3v) is 3.96. The van der Waals surface area contributed by atoms with Gasteiger partial charge < -0.3 is 11.5 Å². The van der Waals surface area contributed by atoms with Crippen molar-refractivity contribution in [2.75, 3.05) is 0 Å². The first-order chi connectivity index (χ1) is 9.19. The number of halogens is 1. The summed E-state index contributed by atoms with van der Waals surface area (Å²) in [5.41, 5.74) is 15.3. The van der Waals surface area contributed by atoms with Crippen molar-refractivity contribution in [2.45, 2.75) is 18.9 Å². The summed E-state index contributed by atoms with van der Waals surface area (Å²) in [6.45, 7) is 0. The van der Waals surface area contributed by atoms with Crippen LogP contribution in [0.1, 0.15) is 18.5 Å². The number of hydrogen-bond acceptors (Lipinski definition) is 4. The Balaban J connectivity index is 2.03. The van der Waals surface area contributed by atoms with Gasteiger partial charge in [-0.1, -0.05) is 15.9 Å². The average molecular weight is 319 g/mol. The van der Waals surface area contributed by atoms with Crippen molar-refractivity contribution in [1.29, 1.82) is 0 Å². The molecule has 0 radical (unpaired) electrons. The Morgan fingerprint density at radius 3 is 2.84 bits per heavy atom. The molecule has 1 unspecified atom stereocenters. The number of nitrogens with zero attached hydrogens (tertiary/aromatic N) is 2. The van der Waals surface area contributed by atoms with Gasteiger partial charge in [0.2, 0.25) is 0 Å². The maximum Gasteiger partial charge on any atom is 0.0905 e. The van der Waals surface area contributed by atoms with Gasteiger partial charge in [0.15, 0.2) is 0 Å². The summed E-state index contributed by atoms with van der Waals surface area (Å²) in [4.78, 5) is 9.04. The molecular formula is C14H15BrN4. The van der Waals surface area contributed by atoms with E-state index in [0.717, 1.165) is 26.8 Å². The predicted molar refractivity (Wildman–Crippen MR) is 80.1 cm³/mol. The van der Waals surface area contributed by atoms with Crippen LogP contribution in [0.5, 0.6) is 0 Å². The van der Waals surface area contributed by atoms with Crippen LogP contribution in [0, 0.1) is 5.92 Å². The molecule has 4 nitrogen and oxygen atoms in total. The normalized spacial score (nSPS) is 17.7. The number of fused-ring (bicyclic) bond motifs is 1. The molecule has 0 aliphatic heterocycles. The van der Waals surface area contributed by atoms with Crippen molar-refractivity contribution in [2.24, 2.45) is 17.4 Å². The third-order valence-electron chi connectivity index (χ3n) is 3.47. The molecule has 1 aromatic heterocycles. The highest BCUT2D eigenvalue weighted by Gasteiger charge is 2.31. The van der Waals surface area contributed by atoms with Crippen molar-refractivity contribution in [3.8, 4) is 0 Å². The molecule has 98 valence electrons. The molecule has 5 heteroatoms. The summed E-state index contributed by atoms with van der Waals surface area (Å²) < 4.78 is 0.983. The molecule has 0 spiro atoms. The molecular weight excluding hydrogens is 304 g/mol. The van der Waals surface area contributed by atoms with Gasteiger partial charge >= 0.3 is 0 Å². The minimum absolute atomic E-state index is 0.0381. The maximum absolute atomic E-state index is 6.21. The summed E-state index contributed by atoms with van der Waals surface area (Å²) in [5, 5.41) is 0. The van der Waals surface area contributed by atoms with Crippen LogP contribution < -0.4 is 11.5 Å². The van der Waals surface area contributed by atoms with Gasteiger partial charge in [-0.3, -0.25) is 4.98 Å². The van der Waals surface area contributed by atoms with Gasteiger partial charge in [-0.05, 0) is 37.0 Å². The van der Waals surface area contributed by atoms with Gasteiger partial charge in [0, 0.05) is 22.3 Å². The predicted octanol–water partition coefficient (Wildman–Crippen LogP) is 2.43. The summed E-state index contributed by atoms with van der Waals surface area (Å²) >= 11 is 3.44. The maximum atomic E-state index is 6.21. The van der Waals surface area contributed by atoms with E-state index < -0.39 is 0 Å². The first-order valence-electron chi connectivity index (χ1n) is 6.29. The second kappa shape index (κ2) is 4.90. The lowest BCUT2D eigenvalue weighted by molar-refractivity contribution is 0.722. The van der Waals surface area contributed by atoms with Crippen molar-refractivity contribution < 1.29 is 0 Å². The molecule has 19 heavy (non-hydrogen) atoms. The number of benzene rings is 1. The quantitative estimate of drug-likeness (QED) is 0.911. The highest BCUT2D eigenvalue weighted by Crippen LogP contribution is 2.36. The van der Waals surface area contributed by atoms with Crippen LogP contribution in [-0.2, 0) is 0 Å². The molecule has 1 aromatic carbocycles.